The van der Waals surface area contributed by atoms with Crippen molar-refractivity contribution in [1.29, 1.82) is 0 Å². The van der Waals surface area contributed by atoms with Crippen molar-refractivity contribution in [3.63, 3.8) is 0 Å². The number of carbonyl (C=O) groups excluding carboxylic acids is 2. The first kappa shape index (κ1) is 17.0. The van der Waals surface area contributed by atoms with Crippen LogP contribution in [0, 0.1) is 0 Å². The number of urea groups is 2. The number of piperazine rings is 1. The van der Waals surface area contributed by atoms with Crippen LogP contribution in [0.15, 0.2) is 52.4 Å². The smallest absolute Gasteiger partial charge is 0.368 e. The van der Waals surface area contributed by atoms with Gasteiger partial charge in [-0.25, -0.2) is 9.59 Å². The van der Waals surface area contributed by atoms with Crippen LogP contribution in [-0.4, -0.2) is 50.3 Å². The average Bonchev–Trinajstić information content (AvgIpc) is 3.07. The summed E-state index contributed by atoms with van der Waals surface area (Å²) in [4.78, 5) is 35.3. The molecule has 8 heteroatoms. The maximum atomic E-state index is 12.5. The molecule has 0 atom stereocenters. The van der Waals surface area contributed by atoms with Crippen LogP contribution in [0.3, 0.4) is 0 Å². The number of anilines is 2. The summed E-state index contributed by atoms with van der Waals surface area (Å²) in [6.07, 6.45) is 0. The van der Waals surface area contributed by atoms with Crippen LogP contribution >= 0.6 is 0 Å². The lowest BCUT2D eigenvalue weighted by molar-refractivity contribution is 0.208. The van der Waals surface area contributed by atoms with Crippen molar-refractivity contribution in [2.24, 2.45) is 9.98 Å². The summed E-state index contributed by atoms with van der Waals surface area (Å²) in [6.45, 7) is 2.65. The van der Waals surface area contributed by atoms with Crippen LogP contribution in [0.1, 0.15) is 0 Å². The Kier molecular flexibility index (Phi) is 4.45. The molecule has 1 fully saturated rings. The topological polar surface area (TPSA) is 86.6 Å². The van der Waals surface area contributed by atoms with Gasteiger partial charge in [0.05, 0.1) is 23.5 Å². The van der Waals surface area contributed by atoms with E-state index in [-0.39, 0.29) is 6.03 Å². The van der Waals surface area contributed by atoms with E-state index in [4.69, 9.17) is 4.74 Å². The number of amides is 4. The Morgan fingerprint density at radius 2 is 1.78 bits per heavy atom. The molecular formula is C19H19N5O3. The second kappa shape index (κ2) is 7.06. The number of nitrogens with one attached hydrogen (secondary N) is 1. The number of ether oxygens (including phenoxy) is 1. The highest BCUT2D eigenvalue weighted by Gasteiger charge is 2.23. The Balaban J connectivity index is 1.40. The minimum atomic E-state index is -0.513. The molecule has 1 N–H and O–H groups in total. The molecule has 2 aliphatic heterocycles. The SMILES string of the molecule is COc1ccccc1N1CCN(C(=O)Nc2ccc3c(c2)=NC(=O)N=3)CC1. The summed E-state index contributed by atoms with van der Waals surface area (Å²) in [7, 11) is 1.66. The maximum Gasteiger partial charge on any atom is 0.368 e. The average molecular weight is 365 g/mol. The molecule has 0 saturated carbocycles. The number of rotatable bonds is 3. The zero-order valence-electron chi connectivity index (χ0n) is 14.9. The Morgan fingerprint density at radius 1 is 1.04 bits per heavy atom. The molecule has 2 aliphatic rings. The van der Waals surface area contributed by atoms with Crippen molar-refractivity contribution >= 4 is 23.4 Å². The molecule has 8 nitrogen and oxygen atoms in total. The summed E-state index contributed by atoms with van der Waals surface area (Å²) < 4.78 is 5.42. The molecular weight excluding hydrogens is 346 g/mol. The highest BCUT2D eigenvalue weighted by atomic mass is 16.5. The van der Waals surface area contributed by atoms with Gasteiger partial charge in [0, 0.05) is 31.9 Å². The van der Waals surface area contributed by atoms with Gasteiger partial charge in [0.1, 0.15) is 5.75 Å². The van der Waals surface area contributed by atoms with Gasteiger partial charge in [-0.1, -0.05) is 12.1 Å². The maximum absolute atomic E-state index is 12.5. The van der Waals surface area contributed by atoms with Crippen LogP contribution in [0.5, 0.6) is 5.75 Å². The number of methoxy groups -OCH3 is 1. The van der Waals surface area contributed by atoms with Gasteiger partial charge in [-0.3, -0.25) is 0 Å². The lowest BCUT2D eigenvalue weighted by Gasteiger charge is -2.36. The standard InChI is InChI=1S/C19H19N5O3/c1-27-17-5-3-2-4-16(17)23-8-10-24(11-9-23)19(26)20-13-6-7-14-15(12-13)22-18(25)21-14/h2-7,12H,8-11H2,1H3,(H,20,26). The van der Waals surface area contributed by atoms with Crippen LogP contribution in [0.4, 0.5) is 21.0 Å². The third-order valence-electron chi connectivity index (χ3n) is 4.65. The van der Waals surface area contributed by atoms with Gasteiger partial charge in [-0.05, 0) is 30.3 Å². The van der Waals surface area contributed by atoms with E-state index >= 15 is 0 Å². The van der Waals surface area contributed by atoms with Crippen LogP contribution < -0.4 is 25.7 Å². The van der Waals surface area contributed by atoms with E-state index < -0.39 is 6.03 Å². The molecule has 0 unspecified atom stereocenters. The number of fused-ring (bicyclic) bond motifs is 1. The molecule has 0 bridgehead atoms. The lowest BCUT2D eigenvalue weighted by Crippen LogP contribution is -2.50. The zero-order chi connectivity index (χ0) is 18.8. The fraction of sp³-hybridized carbons (Fsp3) is 0.263. The van der Waals surface area contributed by atoms with E-state index in [0.29, 0.717) is 29.5 Å². The first-order valence-electron chi connectivity index (χ1n) is 8.69. The van der Waals surface area contributed by atoms with Gasteiger partial charge >= 0.3 is 12.1 Å². The molecule has 0 radical (unpaired) electrons. The third kappa shape index (κ3) is 3.46. The summed E-state index contributed by atoms with van der Waals surface area (Å²) in [5.41, 5.74) is 1.63. The normalized spacial score (nSPS) is 15.7. The minimum absolute atomic E-state index is 0.170. The Hall–Kier alpha value is -3.42. The quantitative estimate of drug-likeness (QED) is 0.891. The summed E-state index contributed by atoms with van der Waals surface area (Å²) >= 11 is 0. The summed E-state index contributed by atoms with van der Waals surface area (Å²) in [5.74, 6) is 0.831. The first-order valence-corrected chi connectivity index (χ1v) is 8.69. The van der Waals surface area contributed by atoms with Crippen molar-refractivity contribution in [3.8, 4) is 5.75 Å². The number of carbonyl (C=O) groups is 2. The number of benzene rings is 2. The lowest BCUT2D eigenvalue weighted by atomic mass is 10.2. The molecule has 1 saturated heterocycles. The second-order valence-corrected chi connectivity index (χ2v) is 6.29. The largest absolute Gasteiger partial charge is 0.495 e. The first-order chi connectivity index (χ1) is 13.1. The van der Waals surface area contributed by atoms with E-state index in [1.807, 2.05) is 24.3 Å². The van der Waals surface area contributed by atoms with E-state index in [9.17, 15) is 9.59 Å². The molecule has 4 rings (SSSR count). The van der Waals surface area contributed by atoms with Crippen LogP contribution in [0.2, 0.25) is 0 Å². The molecule has 138 valence electrons. The fourth-order valence-electron chi connectivity index (χ4n) is 3.26. The minimum Gasteiger partial charge on any atom is -0.495 e. The molecule has 2 heterocycles. The van der Waals surface area contributed by atoms with Crippen molar-refractivity contribution in [2.45, 2.75) is 0 Å². The predicted octanol–water partition coefficient (Wildman–Crippen LogP) is 1.42. The van der Waals surface area contributed by atoms with Crippen molar-refractivity contribution < 1.29 is 14.3 Å². The number of hydrogen-bond donors (Lipinski definition) is 1. The van der Waals surface area contributed by atoms with Crippen LogP contribution in [0.25, 0.3) is 0 Å². The van der Waals surface area contributed by atoms with E-state index in [1.54, 1.807) is 30.2 Å². The Labute approximate surface area is 155 Å². The van der Waals surface area contributed by atoms with Crippen molar-refractivity contribution in [3.05, 3.63) is 53.2 Å². The summed E-state index contributed by atoms with van der Waals surface area (Å²) in [6, 6.07) is 12.3. The molecule has 0 spiro atoms. The summed E-state index contributed by atoms with van der Waals surface area (Å²) in [5, 5.41) is 3.88. The van der Waals surface area contributed by atoms with Gasteiger partial charge in [0.25, 0.3) is 0 Å². The molecule has 2 aromatic rings. The second-order valence-electron chi connectivity index (χ2n) is 6.29. The number of para-hydroxylation sites is 2. The highest BCUT2D eigenvalue weighted by Crippen LogP contribution is 2.28. The van der Waals surface area contributed by atoms with Crippen molar-refractivity contribution in [1.82, 2.24) is 4.90 Å². The van der Waals surface area contributed by atoms with Gasteiger partial charge in [-0.2, -0.15) is 9.98 Å². The molecule has 27 heavy (non-hydrogen) atoms. The van der Waals surface area contributed by atoms with E-state index in [1.165, 1.54) is 0 Å². The van der Waals surface area contributed by atoms with Crippen LogP contribution in [-0.2, 0) is 0 Å². The van der Waals surface area contributed by atoms with E-state index in [0.717, 1.165) is 24.5 Å². The Bertz CT molecular complexity index is 1010. The number of nitrogens with zero attached hydrogens (tertiary/aromatic N) is 4. The van der Waals surface area contributed by atoms with Gasteiger partial charge in [0.2, 0.25) is 0 Å². The molecule has 0 aliphatic carbocycles. The van der Waals surface area contributed by atoms with Gasteiger partial charge < -0.3 is 19.9 Å². The predicted molar refractivity (Wildman–Crippen MR) is 99.9 cm³/mol. The van der Waals surface area contributed by atoms with Crippen molar-refractivity contribution in [2.75, 3.05) is 43.5 Å². The monoisotopic (exact) mass is 365 g/mol. The van der Waals surface area contributed by atoms with Gasteiger partial charge in [0.15, 0.2) is 0 Å². The van der Waals surface area contributed by atoms with E-state index in [2.05, 4.69) is 20.2 Å². The van der Waals surface area contributed by atoms with Gasteiger partial charge in [-0.15, -0.1) is 0 Å². The molecule has 4 amide bonds. The zero-order valence-corrected chi connectivity index (χ0v) is 14.9. The fourth-order valence-corrected chi connectivity index (χ4v) is 3.26. The molecule has 2 aromatic carbocycles. The molecule has 0 aromatic heterocycles. The Morgan fingerprint density at radius 3 is 2.56 bits per heavy atom. The highest BCUT2D eigenvalue weighted by molar-refractivity contribution is 5.89. The number of hydrogen-bond acceptors (Lipinski definition) is 4. The third-order valence-corrected chi connectivity index (χ3v) is 4.65.